The molecule has 0 aliphatic heterocycles. The molecule has 0 heterocycles. The minimum atomic E-state index is -0.462. The lowest BCUT2D eigenvalue weighted by molar-refractivity contribution is 0.264. The van der Waals surface area contributed by atoms with E-state index in [0.717, 1.165) is 25.7 Å². The predicted octanol–water partition coefficient (Wildman–Crippen LogP) is 4.96. The largest absolute Gasteiger partial charge is 0.310 e. The van der Waals surface area contributed by atoms with Crippen LogP contribution < -0.4 is 5.32 Å². The Balaban J connectivity index is 2.35. The Morgan fingerprint density at radius 1 is 1.26 bits per heavy atom. The lowest BCUT2D eigenvalue weighted by atomic mass is 9.81. The fourth-order valence-corrected chi connectivity index (χ4v) is 3.37. The number of nitrogens with one attached hydrogen (secondary N) is 1. The molecule has 1 aromatic carbocycles. The summed E-state index contributed by atoms with van der Waals surface area (Å²) in [7, 11) is 0. The van der Waals surface area contributed by atoms with Gasteiger partial charge in [0.15, 0.2) is 0 Å². The van der Waals surface area contributed by atoms with Crippen LogP contribution >= 0.6 is 15.9 Å². The first kappa shape index (κ1) is 14.9. The summed E-state index contributed by atoms with van der Waals surface area (Å²) in [5.41, 5.74) is 0.197. The van der Waals surface area contributed by atoms with Crippen LogP contribution in [-0.4, -0.2) is 6.54 Å². The zero-order valence-corrected chi connectivity index (χ0v) is 12.8. The zero-order chi connectivity index (χ0) is 13.8. The van der Waals surface area contributed by atoms with Gasteiger partial charge in [-0.15, -0.1) is 0 Å². The highest BCUT2D eigenvalue weighted by Crippen LogP contribution is 2.37. The van der Waals surface area contributed by atoms with Crippen LogP contribution in [0.2, 0.25) is 0 Å². The maximum atomic E-state index is 14.3. The Morgan fingerprint density at radius 3 is 2.58 bits per heavy atom. The van der Waals surface area contributed by atoms with Crippen LogP contribution in [0, 0.1) is 17.6 Å². The quantitative estimate of drug-likeness (QED) is 0.769. The van der Waals surface area contributed by atoms with E-state index in [-0.39, 0.29) is 11.6 Å². The van der Waals surface area contributed by atoms with Crippen molar-refractivity contribution in [1.82, 2.24) is 5.32 Å². The second-order valence-corrected chi connectivity index (χ2v) is 6.04. The van der Waals surface area contributed by atoms with Crippen molar-refractivity contribution < 1.29 is 8.78 Å². The van der Waals surface area contributed by atoms with E-state index in [4.69, 9.17) is 0 Å². The summed E-state index contributed by atoms with van der Waals surface area (Å²) in [6.07, 6.45) is 5.64. The third-order valence-corrected chi connectivity index (χ3v) is 4.55. The molecule has 1 saturated carbocycles. The van der Waals surface area contributed by atoms with Crippen molar-refractivity contribution in [3.05, 3.63) is 33.8 Å². The highest BCUT2D eigenvalue weighted by molar-refractivity contribution is 9.10. The molecule has 1 N–H and O–H groups in total. The van der Waals surface area contributed by atoms with Crippen molar-refractivity contribution in [2.75, 3.05) is 6.54 Å². The molecule has 1 aliphatic rings. The minimum Gasteiger partial charge on any atom is -0.310 e. The second-order valence-electron chi connectivity index (χ2n) is 5.19. The van der Waals surface area contributed by atoms with Gasteiger partial charge < -0.3 is 5.32 Å². The van der Waals surface area contributed by atoms with Crippen LogP contribution in [0.15, 0.2) is 16.6 Å². The molecule has 1 fully saturated rings. The Labute approximate surface area is 121 Å². The molecule has 2 rings (SSSR count). The van der Waals surface area contributed by atoms with Gasteiger partial charge in [-0.25, -0.2) is 8.78 Å². The van der Waals surface area contributed by atoms with Crippen molar-refractivity contribution in [3.8, 4) is 0 Å². The van der Waals surface area contributed by atoms with Gasteiger partial charge in [-0.05, 0) is 53.4 Å². The SMILES string of the molecule is CCNC(c1c(F)ccc(Br)c1F)C1CCCCC1. The van der Waals surface area contributed by atoms with E-state index >= 15 is 0 Å². The summed E-state index contributed by atoms with van der Waals surface area (Å²) in [4.78, 5) is 0. The number of hydrogen-bond acceptors (Lipinski definition) is 1. The van der Waals surface area contributed by atoms with Gasteiger partial charge in [-0.3, -0.25) is 0 Å². The van der Waals surface area contributed by atoms with Gasteiger partial charge in [0, 0.05) is 11.6 Å². The van der Waals surface area contributed by atoms with Crippen molar-refractivity contribution in [2.45, 2.75) is 45.1 Å². The van der Waals surface area contributed by atoms with Gasteiger partial charge in [-0.1, -0.05) is 26.2 Å². The Kier molecular flexibility index (Phi) is 5.34. The number of rotatable bonds is 4. The highest BCUT2D eigenvalue weighted by Gasteiger charge is 2.29. The molecule has 0 saturated heterocycles. The topological polar surface area (TPSA) is 12.0 Å². The highest BCUT2D eigenvalue weighted by atomic mass is 79.9. The third kappa shape index (κ3) is 3.34. The van der Waals surface area contributed by atoms with E-state index in [0.29, 0.717) is 16.9 Å². The normalized spacial score (nSPS) is 18.5. The average molecular weight is 332 g/mol. The molecule has 0 amide bonds. The predicted molar refractivity (Wildman–Crippen MR) is 77.1 cm³/mol. The molecule has 106 valence electrons. The van der Waals surface area contributed by atoms with Gasteiger partial charge in [0.2, 0.25) is 0 Å². The van der Waals surface area contributed by atoms with Crippen molar-refractivity contribution >= 4 is 15.9 Å². The molecule has 0 spiro atoms. The van der Waals surface area contributed by atoms with Gasteiger partial charge in [0.1, 0.15) is 11.6 Å². The molecule has 1 aromatic rings. The van der Waals surface area contributed by atoms with E-state index in [1.807, 2.05) is 6.92 Å². The maximum Gasteiger partial charge on any atom is 0.145 e. The summed E-state index contributed by atoms with van der Waals surface area (Å²) in [5.74, 6) is -0.583. The first-order chi connectivity index (χ1) is 9.15. The Bertz CT molecular complexity index is 430. The molecule has 4 heteroatoms. The molecule has 1 aliphatic carbocycles. The van der Waals surface area contributed by atoms with Gasteiger partial charge in [-0.2, -0.15) is 0 Å². The summed E-state index contributed by atoms with van der Waals surface area (Å²) >= 11 is 3.15. The van der Waals surface area contributed by atoms with Gasteiger partial charge >= 0.3 is 0 Å². The fourth-order valence-electron chi connectivity index (χ4n) is 3.02. The molecule has 0 radical (unpaired) electrons. The first-order valence-electron chi connectivity index (χ1n) is 7.02. The Morgan fingerprint density at radius 2 is 1.95 bits per heavy atom. The van der Waals surface area contributed by atoms with Crippen molar-refractivity contribution in [1.29, 1.82) is 0 Å². The minimum absolute atomic E-state index is 0.197. The summed E-state index contributed by atoms with van der Waals surface area (Å²) in [6.45, 7) is 2.69. The van der Waals surface area contributed by atoms with Crippen LogP contribution in [0.4, 0.5) is 8.78 Å². The number of halogens is 3. The van der Waals surface area contributed by atoms with E-state index in [9.17, 15) is 8.78 Å². The maximum absolute atomic E-state index is 14.3. The lowest BCUT2D eigenvalue weighted by Crippen LogP contribution is -2.31. The smallest absolute Gasteiger partial charge is 0.145 e. The van der Waals surface area contributed by atoms with E-state index < -0.39 is 11.6 Å². The van der Waals surface area contributed by atoms with Crippen molar-refractivity contribution in [3.63, 3.8) is 0 Å². The van der Waals surface area contributed by atoms with Gasteiger partial charge in [0.25, 0.3) is 0 Å². The fraction of sp³-hybridized carbons (Fsp3) is 0.600. The van der Waals surface area contributed by atoms with Crippen LogP contribution in [0.1, 0.15) is 50.6 Å². The Hall–Kier alpha value is -0.480. The van der Waals surface area contributed by atoms with E-state index in [1.54, 1.807) is 0 Å². The standard InChI is InChI=1S/C15H20BrF2N/c1-2-19-15(10-6-4-3-5-7-10)13-12(17)9-8-11(16)14(13)18/h8-10,15,19H,2-7H2,1H3. The van der Waals surface area contributed by atoms with Crippen LogP contribution in [0.25, 0.3) is 0 Å². The second kappa shape index (κ2) is 6.80. The zero-order valence-electron chi connectivity index (χ0n) is 11.2. The summed E-state index contributed by atoms with van der Waals surface area (Å²) < 4.78 is 28.7. The summed E-state index contributed by atoms with van der Waals surface area (Å²) in [5, 5.41) is 3.28. The average Bonchev–Trinajstić information content (AvgIpc) is 2.43. The molecule has 0 aromatic heterocycles. The van der Waals surface area contributed by atoms with E-state index in [2.05, 4.69) is 21.2 Å². The van der Waals surface area contributed by atoms with E-state index in [1.165, 1.54) is 18.6 Å². The molecule has 0 bridgehead atoms. The lowest BCUT2D eigenvalue weighted by Gasteiger charge is -2.31. The van der Waals surface area contributed by atoms with Crippen LogP contribution in [0.3, 0.4) is 0 Å². The molecule has 1 nitrogen and oxygen atoms in total. The first-order valence-corrected chi connectivity index (χ1v) is 7.81. The van der Waals surface area contributed by atoms with Crippen LogP contribution in [0.5, 0.6) is 0 Å². The summed E-state index contributed by atoms with van der Waals surface area (Å²) in [6, 6.07) is 2.55. The van der Waals surface area contributed by atoms with Gasteiger partial charge in [0.05, 0.1) is 4.47 Å². The molecule has 19 heavy (non-hydrogen) atoms. The molecule has 1 atom stereocenters. The number of hydrogen-bond donors (Lipinski definition) is 1. The van der Waals surface area contributed by atoms with Crippen molar-refractivity contribution in [2.24, 2.45) is 5.92 Å². The third-order valence-electron chi connectivity index (χ3n) is 3.94. The van der Waals surface area contributed by atoms with Crippen LogP contribution in [-0.2, 0) is 0 Å². The molecular formula is C15H20BrF2N. The molecule has 1 unspecified atom stereocenters. The monoisotopic (exact) mass is 331 g/mol. The number of benzene rings is 1. The molecular weight excluding hydrogens is 312 g/mol.